The first-order valence-electron chi connectivity index (χ1n) is 24.0. The Morgan fingerprint density at radius 3 is 1.00 bits per heavy atom. The first kappa shape index (κ1) is 58.8. The van der Waals surface area contributed by atoms with E-state index in [9.17, 15) is 14.4 Å². The van der Waals surface area contributed by atoms with Gasteiger partial charge in [0.1, 0.15) is 29.6 Å². The fourth-order valence-corrected chi connectivity index (χ4v) is 9.40. The molecule has 19 heteroatoms. The van der Waals surface area contributed by atoms with Crippen LogP contribution >= 0.6 is 0 Å². The summed E-state index contributed by atoms with van der Waals surface area (Å²) in [5.74, 6) is -0.866. The van der Waals surface area contributed by atoms with E-state index in [1.165, 1.54) is 0 Å². The minimum absolute atomic E-state index is 0.292. The van der Waals surface area contributed by atoms with Gasteiger partial charge in [-0.2, -0.15) is 7.05 Å². The SMILES string of the molecule is C=C1CC(=C)OB(c2c(C)c(C)c(CC(N)C(=O)O)c(C)c2C)O1.C=C1OB(c2c(C)c(C)c(CC(N)C(=O)O)c(C)c2C)OC1=C.[CH2-][NH+]1CCOB(c2c(C)c(C)c(CC(N)C(=O)O)c(C)c2C)OCC1. The number of carbonyl (C=O) groups is 3. The maximum absolute atomic E-state index is 11.1. The highest BCUT2D eigenvalue weighted by Gasteiger charge is 2.39. The van der Waals surface area contributed by atoms with Gasteiger partial charge in [-0.1, -0.05) is 26.3 Å². The van der Waals surface area contributed by atoms with Crippen LogP contribution in [0.3, 0.4) is 0 Å². The van der Waals surface area contributed by atoms with Crippen LogP contribution in [0.5, 0.6) is 0 Å². The molecule has 388 valence electrons. The van der Waals surface area contributed by atoms with Crippen LogP contribution in [0.4, 0.5) is 0 Å². The van der Waals surface area contributed by atoms with Gasteiger partial charge in [-0.05, 0) is 191 Å². The van der Waals surface area contributed by atoms with E-state index in [1.807, 2.05) is 83.1 Å². The summed E-state index contributed by atoms with van der Waals surface area (Å²) in [4.78, 5) is 34.4. The van der Waals surface area contributed by atoms with E-state index in [2.05, 4.69) is 33.4 Å². The summed E-state index contributed by atoms with van der Waals surface area (Å²) < 4.78 is 34.8. The molecule has 0 amide bonds. The molecular formula is C53H75B3N4O12. The second-order valence-electron chi connectivity index (χ2n) is 19.2. The van der Waals surface area contributed by atoms with Gasteiger partial charge in [0.2, 0.25) is 0 Å². The lowest BCUT2D eigenvalue weighted by Gasteiger charge is -2.29. The van der Waals surface area contributed by atoms with Crippen molar-refractivity contribution in [3.63, 3.8) is 0 Å². The molecule has 0 spiro atoms. The fourth-order valence-electron chi connectivity index (χ4n) is 9.40. The van der Waals surface area contributed by atoms with Crippen molar-refractivity contribution in [3.05, 3.63) is 140 Å². The Balaban J connectivity index is 0.000000235. The first-order chi connectivity index (χ1) is 33.5. The summed E-state index contributed by atoms with van der Waals surface area (Å²) in [5.41, 5.74) is 35.5. The Labute approximate surface area is 427 Å². The van der Waals surface area contributed by atoms with Crippen molar-refractivity contribution in [2.75, 3.05) is 26.3 Å². The lowest BCUT2D eigenvalue weighted by molar-refractivity contribution is -0.854. The van der Waals surface area contributed by atoms with Crippen LogP contribution in [-0.4, -0.2) is 99.0 Å². The molecule has 0 aromatic heterocycles. The van der Waals surface area contributed by atoms with E-state index in [0.717, 1.165) is 118 Å². The maximum Gasteiger partial charge on any atom is 0.633 e. The van der Waals surface area contributed by atoms with Crippen molar-refractivity contribution in [1.29, 1.82) is 0 Å². The summed E-state index contributed by atoms with van der Waals surface area (Å²) in [6, 6.07) is -2.74. The van der Waals surface area contributed by atoms with E-state index in [1.54, 1.807) is 0 Å². The molecular weight excluding hydrogens is 917 g/mol. The monoisotopic (exact) mass is 993 g/mol. The Hall–Kier alpha value is -5.82. The summed E-state index contributed by atoms with van der Waals surface area (Å²) in [5, 5.41) is 27.3. The third-order valence-electron chi connectivity index (χ3n) is 14.6. The zero-order valence-electron chi connectivity index (χ0n) is 44.4. The third kappa shape index (κ3) is 13.4. The van der Waals surface area contributed by atoms with Crippen molar-refractivity contribution in [3.8, 4) is 0 Å². The highest BCUT2D eigenvalue weighted by molar-refractivity contribution is 6.64. The van der Waals surface area contributed by atoms with E-state index >= 15 is 0 Å². The van der Waals surface area contributed by atoms with Crippen LogP contribution in [0.1, 0.15) is 89.9 Å². The Kier molecular flexibility index (Phi) is 20.2. The summed E-state index contributed by atoms with van der Waals surface area (Å²) in [6.45, 7) is 42.1. The van der Waals surface area contributed by atoms with Crippen LogP contribution in [0.15, 0.2) is 49.4 Å². The van der Waals surface area contributed by atoms with Crippen molar-refractivity contribution >= 4 is 55.7 Å². The molecule has 0 bridgehead atoms. The number of hydrogen-bond donors (Lipinski definition) is 7. The molecule has 3 aromatic rings. The quantitative estimate of drug-likeness (QED) is 0.102. The summed E-state index contributed by atoms with van der Waals surface area (Å²) in [6.07, 6.45) is 1.40. The summed E-state index contributed by atoms with van der Waals surface area (Å²) in [7, 11) is 2.48. The molecule has 16 nitrogen and oxygen atoms in total. The van der Waals surface area contributed by atoms with Gasteiger partial charge in [0.05, 0.1) is 44.2 Å². The van der Waals surface area contributed by atoms with Crippen LogP contribution in [0.25, 0.3) is 0 Å². The lowest BCUT2D eigenvalue weighted by Crippen LogP contribution is -3.08. The zero-order chi connectivity index (χ0) is 54.4. The van der Waals surface area contributed by atoms with Gasteiger partial charge in [0.25, 0.3) is 0 Å². The Morgan fingerprint density at radius 1 is 0.486 bits per heavy atom. The Morgan fingerprint density at radius 2 is 0.736 bits per heavy atom. The van der Waals surface area contributed by atoms with E-state index in [0.29, 0.717) is 61.9 Å². The number of aliphatic carboxylic acids is 3. The van der Waals surface area contributed by atoms with Gasteiger partial charge in [-0.15, -0.1) is 0 Å². The Bertz CT molecular complexity index is 2520. The van der Waals surface area contributed by atoms with Crippen molar-refractivity contribution in [2.45, 2.75) is 127 Å². The largest absolute Gasteiger partial charge is 0.633 e. The number of carboxylic acids is 3. The second kappa shape index (κ2) is 24.7. The van der Waals surface area contributed by atoms with Gasteiger partial charge in [0.15, 0.2) is 0 Å². The molecule has 10 N–H and O–H groups in total. The molecule has 6 rings (SSSR count). The molecule has 3 unspecified atom stereocenters. The zero-order valence-corrected chi connectivity index (χ0v) is 44.4. The average molecular weight is 993 g/mol. The van der Waals surface area contributed by atoms with Gasteiger partial charge in [0, 0.05) is 10.9 Å². The number of hydrogen-bond acceptors (Lipinski definition) is 12. The van der Waals surface area contributed by atoms with Gasteiger partial charge < -0.3 is 65.3 Å². The minimum Gasteiger partial charge on any atom is -0.526 e. The molecule has 3 aliphatic rings. The molecule has 3 aliphatic heterocycles. The van der Waals surface area contributed by atoms with E-state index < -0.39 is 57.4 Å². The predicted molar refractivity (Wildman–Crippen MR) is 284 cm³/mol. The molecule has 0 radical (unpaired) electrons. The van der Waals surface area contributed by atoms with Crippen molar-refractivity contribution in [2.24, 2.45) is 17.2 Å². The van der Waals surface area contributed by atoms with Crippen molar-refractivity contribution < 1.29 is 62.5 Å². The molecule has 72 heavy (non-hydrogen) atoms. The molecule has 3 aromatic carbocycles. The highest BCUT2D eigenvalue weighted by Crippen LogP contribution is 2.29. The van der Waals surface area contributed by atoms with Crippen LogP contribution in [-0.2, 0) is 61.6 Å². The third-order valence-corrected chi connectivity index (χ3v) is 14.6. The minimum atomic E-state index is -1.00. The topological polar surface area (TPSA) is 250 Å². The maximum atomic E-state index is 11.1. The molecule has 3 atom stereocenters. The van der Waals surface area contributed by atoms with Crippen LogP contribution in [0, 0.1) is 90.1 Å². The molecule has 0 saturated carbocycles. The van der Waals surface area contributed by atoms with E-state index in [-0.39, 0.29) is 0 Å². The predicted octanol–water partition coefficient (Wildman–Crippen LogP) is 2.97. The number of carboxylic acid groups (broad SMARTS) is 3. The standard InChI is InChI=1S/C18H29BN2O4.C18H24BNO4.C17H22BNO4/c1-11-13(3)17(19-24-8-6-21(5)7-9-25-19)14(4)12(2)15(11)10-16(20)18(22)23;1-9-7-10(2)24-19(23-9)17-13(5)11(3)15(12(4)14(17)6)8-16(20)18(21)22;1-8-10(3)16(18-22-12(5)13(6)23-18)11(4)9(2)14(8)7-15(19)17(20)21/h16,21H,5-10,20H2,1-4H3,(H,22,23);16H,1-2,7-8,20H2,3-6H3,(H,21,22);15H,5-7,19H2,1-4H3,(H,20,21). The highest BCUT2D eigenvalue weighted by atomic mass is 16.6. The summed E-state index contributed by atoms with van der Waals surface area (Å²) >= 11 is 0. The van der Waals surface area contributed by atoms with Gasteiger partial charge in [-0.3, -0.25) is 14.4 Å². The molecule has 3 heterocycles. The number of rotatable bonds is 12. The number of nitrogens with one attached hydrogen (secondary N) is 1. The van der Waals surface area contributed by atoms with E-state index in [4.69, 9.17) is 60.4 Å². The molecule has 3 saturated heterocycles. The fraction of sp³-hybridized carbons (Fsp3) is 0.434. The number of nitrogens with two attached hydrogens (primary N) is 3. The van der Waals surface area contributed by atoms with Gasteiger partial charge >= 0.3 is 39.3 Å². The van der Waals surface area contributed by atoms with Crippen LogP contribution < -0.4 is 38.5 Å². The second-order valence-corrected chi connectivity index (χ2v) is 19.2. The van der Waals surface area contributed by atoms with Crippen molar-refractivity contribution in [1.82, 2.24) is 0 Å². The number of benzene rings is 3. The lowest BCUT2D eigenvalue weighted by atomic mass is 9.69. The average Bonchev–Trinajstić information content (AvgIpc) is 3.63. The molecule has 0 aliphatic carbocycles. The number of quaternary nitrogens is 1. The molecule has 3 fully saturated rings. The van der Waals surface area contributed by atoms with Gasteiger partial charge in [-0.25, -0.2) is 0 Å². The normalized spacial score (nSPS) is 16.4. The first-order valence-corrected chi connectivity index (χ1v) is 24.0. The smallest absolute Gasteiger partial charge is 0.526 e. The van der Waals surface area contributed by atoms with Crippen LogP contribution in [0.2, 0.25) is 0 Å².